The molecule has 4 rings (SSSR count). The molecular formula is C30H30N2O5. The summed E-state index contributed by atoms with van der Waals surface area (Å²) in [5.74, 6) is -0.303. The minimum Gasteiger partial charge on any atom is -0.494 e. The van der Waals surface area contributed by atoms with Gasteiger partial charge in [0.15, 0.2) is 0 Å². The third-order valence-corrected chi connectivity index (χ3v) is 5.86. The molecule has 3 aromatic carbocycles. The number of aryl methyl sites for hydroxylation is 2. The van der Waals surface area contributed by atoms with Crippen molar-refractivity contribution in [1.29, 1.82) is 0 Å². The topological polar surface area (TPSA) is 84.9 Å². The van der Waals surface area contributed by atoms with E-state index in [0.29, 0.717) is 36.0 Å². The van der Waals surface area contributed by atoms with Gasteiger partial charge < -0.3 is 9.47 Å². The predicted molar refractivity (Wildman–Crippen MR) is 143 cm³/mol. The van der Waals surface area contributed by atoms with Gasteiger partial charge in [0, 0.05) is 5.56 Å². The van der Waals surface area contributed by atoms with E-state index in [1.54, 1.807) is 42.5 Å². The van der Waals surface area contributed by atoms with Crippen molar-refractivity contribution in [2.24, 2.45) is 0 Å². The van der Waals surface area contributed by atoms with Gasteiger partial charge in [-0.2, -0.15) is 0 Å². The van der Waals surface area contributed by atoms with Gasteiger partial charge in [-0.1, -0.05) is 60.9 Å². The van der Waals surface area contributed by atoms with E-state index in [4.69, 9.17) is 9.47 Å². The maximum absolute atomic E-state index is 13.3. The number of nitrogens with one attached hydrogen (secondary N) is 1. The van der Waals surface area contributed by atoms with Crippen LogP contribution in [0.4, 0.5) is 10.5 Å². The van der Waals surface area contributed by atoms with E-state index in [1.165, 1.54) is 6.08 Å². The molecule has 1 aliphatic heterocycles. The quantitative estimate of drug-likeness (QED) is 0.231. The molecular weight excluding hydrogens is 468 g/mol. The highest BCUT2D eigenvalue weighted by Gasteiger charge is 2.37. The van der Waals surface area contributed by atoms with Crippen molar-refractivity contribution < 1.29 is 23.9 Å². The molecule has 1 fully saturated rings. The van der Waals surface area contributed by atoms with Crippen LogP contribution in [0.15, 0.2) is 72.3 Å². The summed E-state index contributed by atoms with van der Waals surface area (Å²) < 4.78 is 11.7. The number of urea groups is 1. The van der Waals surface area contributed by atoms with Crippen LogP contribution in [0.5, 0.6) is 11.5 Å². The van der Waals surface area contributed by atoms with E-state index in [0.717, 1.165) is 34.4 Å². The second kappa shape index (κ2) is 11.6. The molecule has 0 spiro atoms. The number of carbonyl (C=O) groups is 3. The molecule has 4 amide bonds. The molecule has 0 saturated carbocycles. The van der Waals surface area contributed by atoms with Gasteiger partial charge in [-0.15, -0.1) is 0 Å². The zero-order valence-electron chi connectivity index (χ0n) is 21.2. The largest absolute Gasteiger partial charge is 0.494 e. The highest BCUT2D eigenvalue weighted by Crippen LogP contribution is 2.27. The summed E-state index contributed by atoms with van der Waals surface area (Å²) in [6, 6.07) is 19.2. The predicted octanol–water partition coefficient (Wildman–Crippen LogP) is 5.73. The van der Waals surface area contributed by atoms with Gasteiger partial charge in [0.25, 0.3) is 11.8 Å². The lowest BCUT2D eigenvalue weighted by atomic mass is 10.1. The number of unbranched alkanes of at least 4 members (excludes halogenated alkanes) is 1. The Morgan fingerprint density at radius 3 is 2.30 bits per heavy atom. The molecule has 0 aromatic heterocycles. The molecule has 7 heteroatoms. The molecule has 0 radical (unpaired) electrons. The van der Waals surface area contributed by atoms with Crippen molar-refractivity contribution >= 4 is 29.6 Å². The van der Waals surface area contributed by atoms with Gasteiger partial charge in [0.05, 0.1) is 12.3 Å². The highest BCUT2D eigenvalue weighted by molar-refractivity contribution is 6.39. The Bertz CT molecular complexity index is 1320. The molecule has 7 nitrogen and oxygen atoms in total. The molecule has 190 valence electrons. The van der Waals surface area contributed by atoms with Gasteiger partial charge in [-0.05, 0) is 62.2 Å². The monoisotopic (exact) mass is 498 g/mol. The van der Waals surface area contributed by atoms with E-state index in [-0.39, 0.29) is 5.57 Å². The number of amides is 4. The first kappa shape index (κ1) is 25.7. The fraction of sp³-hybridized carbons (Fsp3) is 0.233. The van der Waals surface area contributed by atoms with Crippen molar-refractivity contribution in [2.75, 3.05) is 11.5 Å². The second-order valence-electron chi connectivity index (χ2n) is 8.98. The minimum absolute atomic E-state index is 0.162. The number of rotatable bonds is 9. The number of carbonyl (C=O) groups excluding carboxylic acids is 3. The fourth-order valence-corrected chi connectivity index (χ4v) is 4.12. The third kappa shape index (κ3) is 6.25. The van der Waals surface area contributed by atoms with Crippen LogP contribution in [0, 0.1) is 13.8 Å². The molecule has 0 atom stereocenters. The fourth-order valence-electron chi connectivity index (χ4n) is 4.12. The van der Waals surface area contributed by atoms with Crippen LogP contribution in [-0.4, -0.2) is 24.5 Å². The van der Waals surface area contributed by atoms with Crippen LogP contribution in [-0.2, 0) is 16.2 Å². The lowest BCUT2D eigenvalue weighted by Crippen LogP contribution is -2.54. The standard InChI is InChI=1S/C30H30N2O5/c1-4-5-14-36-25-12-10-24(11-13-25)32-29(34)26(28(33)31-30(32)35)18-23-8-6-7-9-27(23)37-19-22-16-20(2)15-21(3)17-22/h6-13,15-18H,4-5,14,19H2,1-3H3,(H,31,33,35)/b26-18-. The molecule has 0 aliphatic carbocycles. The molecule has 1 aliphatic rings. The maximum atomic E-state index is 13.3. The van der Waals surface area contributed by atoms with E-state index < -0.39 is 17.8 Å². The lowest BCUT2D eigenvalue weighted by Gasteiger charge is -2.26. The van der Waals surface area contributed by atoms with E-state index in [1.807, 2.05) is 19.9 Å². The van der Waals surface area contributed by atoms with Crippen LogP contribution < -0.4 is 19.7 Å². The van der Waals surface area contributed by atoms with E-state index >= 15 is 0 Å². The Morgan fingerprint density at radius 1 is 0.892 bits per heavy atom. The first-order valence-electron chi connectivity index (χ1n) is 12.3. The maximum Gasteiger partial charge on any atom is 0.335 e. The zero-order valence-corrected chi connectivity index (χ0v) is 21.2. The lowest BCUT2D eigenvalue weighted by molar-refractivity contribution is -0.122. The van der Waals surface area contributed by atoms with Crippen LogP contribution in [0.3, 0.4) is 0 Å². The molecule has 0 bridgehead atoms. The Balaban J connectivity index is 1.56. The summed E-state index contributed by atoms with van der Waals surface area (Å²) >= 11 is 0. The molecule has 3 aromatic rings. The summed E-state index contributed by atoms with van der Waals surface area (Å²) in [6.45, 7) is 7.06. The number of barbiturate groups is 1. The Hall–Kier alpha value is -4.39. The van der Waals surface area contributed by atoms with Gasteiger partial charge in [-0.3, -0.25) is 14.9 Å². The van der Waals surface area contributed by atoms with Crippen molar-refractivity contribution in [1.82, 2.24) is 5.32 Å². The summed E-state index contributed by atoms with van der Waals surface area (Å²) in [5.41, 5.74) is 4.03. The average Bonchev–Trinajstić information content (AvgIpc) is 2.86. The number of benzene rings is 3. The molecule has 1 heterocycles. The number of hydrogen-bond donors (Lipinski definition) is 1. The minimum atomic E-state index is -0.800. The van der Waals surface area contributed by atoms with Crippen LogP contribution in [0.2, 0.25) is 0 Å². The van der Waals surface area contributed by atoms with Gasteiger partial charge >= 0.3 is 6.03 Å². The molecule has 1 saturated heterocycles. The number of ether oxygens (including phenoxy) is 2. The summed E-state index contributed by atoms with van der Waals surface area (Å²) in [5, 5.41) is 2.26. The molecule has 0 unspecified atom stereocenters. The third-order valence-electron chi connectivity index (χ3n) is 5.86. The Kier molecular flexibility index (Phi) is 8.03. The number of hydrogen-bond acceptors (Lipinski definition) is 5. The normalized spacial score (nSPS) is 14.6. The number of anilines is 1. The molecule has 1 N–H and O–H groups in total. The van der Waals surface area contributed by atoms with Gasteiger partial charge in [0.1, 0.15) is 23.7 Å². The summed E-state index contributed by atoms with van der Waals surface area (Å²) in [7, 11) is 0. The van der Waals surface area contributed by atoms with Gasteiger partial charge in [0.2, 0.25) is 0 Å². The average molecular weight is 499 g/mol. The zero-order chi connectivity index (χ0) is 26.4. The van der Waals surface area contributed by atoms with Crippen molar-refractivity contribution in [3.05, 3.63) is 94.6 Å². The van der Waals surface area contributed by atoms with Crippen LogP contribution in [0.1, 0.15) is 42.0 Å². The highest BCUT2D eigenvalue weighted by atomic mass is 16.5. The first-order valence-corrected chi connectivity index (χ1v) is 12.3. The van der Waals surface area contributed by atoms with E-state index in [9.17, 15) is 14.4 Å². The Morgan fingerprint density at radius 2 is 1.59 bits per heavy atom. The second-order valence-corrected chi connectivity index (χ2v) is 8.98. The van der Waals surface area contributed by atoms with Crippen molar-refractivity contribution in [2.45, 2.75) is 40.2 Å². The van der Waals surface area contributed by atoms with E-state index in [2.05, 4.69) is 30.4 Å². The van der Waals surface area contributed by atoms with Gasteiger partial charge in [-0.25, -0.2) is 9.69 Å². The SMILES string of the molecule is CCCCOc1ccc(N2C(=O)NC(=O)/C(=C/c3ccccc3OCc3cc(C)cc(C)c3)C2=O)cc1. The van der Waals surface area contributed by atoms with Crippen molar-refractivity contribution in [3.63, 3.8) is 0 Å². The van der Waals surface area contributed by atoms with Crippen LogP contribution >= 0.6 is 0 Å². The smallest absolute Gasteiger partial charge is 0.335 e. The number of imide groups is 2. The summed E-state index contributed by atoms with van der Waals surface area (Å²) in [6.07, 6.45) is 3.40. The number of nitrogens with zero attached hydrogens (tertiary/aromatic N) is 1. The Labute approximate surface area is 216 Å². The summed E-state index contributed by atoms with van der Waals surface area (Å²) in [4.78, 5) is 39.5. The van der Waals surface area contributed by atoms with Crippen LogP contribution in [0.25, 0.3) is 6.08 Å². The molecule has 37 heavy (non-hydrogen) atoms. The first-order chi connectivity index (χ1) is 17.9. The number of para-hydroxylation sites is 1. The van der Waals surface area contributed by atoms with Crippen molar-refractivity contribution in [3.8, 4) is 11.5 Å².